The fourth-order valence-electron chi connectivity index (χ4n) is 3.73. The van der Waals surface area contributed by atoms with Gasteiger partial charge in [0, 0.05) is 33.7 Å². The molecule has 0 aliphatic heterocycles. The van der Waals surface area contributed by atoms with Crippen LogP contribution in [0.2, 0.25) is 15.1 Å². The van der Waals surface area contributed by atoms with Gasteiger partial charge in [0.2, 0.25) is 11.8 Å². The summed E-state index contributed by atoms with van der Waals surface area (Å²) in [4.78, 5) is 27.9. The molecule has 0 radical (unpaired) electrons. The topological polar surface area (TPSA) is 86.8 Å². The summed E-state index contributed by atoms with van der Waals surface area (Å²) in [6.45, 7) is 4.89. The van der Waals surface area contributed by atoms with Crippen molar-refractivity contribution in [2.24, 2.45) is 0 Å². The first-order chi connectivity index (χ1) is 17.9. The van der Waals surface area contributed by atoms with Crippen LogP contribution in [0.4, 0.5) is 5.69 Å². The zero-order valence-corrected chi connectivity index (χ0v) is 24.2. The van der Waals surface area contributed by atoms with Gasteiger partial charge in [-0.2, -0.15) is 0 Å². The second-order valence-corrected chi connectivity index (χ2v) is 11.7. The molecular formula is C27H28Cl3N3O4S. The Balaban J connectivity index is 2.06. The molecule has 3 rings (SSSR count). The Morgan fingerprint density at radius 3 is 2.05 bits per heavy atom. The third kappa shape index (κ3) is 6.99. The molecule has 38 heavy (non-hydrogen) atoms. The van der Waals surface area contributed by atoms with Gasteiger partial charge in [-0.1, -0.05) is 58.6 Å². The number of hydrogen-bond donors (Lipinski definition) is 1. The van der Waals surface area contributed by atoms with Gasteiger partial charge in [-0.25, -0.2) is 8.42 Å². The lowest BCUT2D eigenvalue weighted by Gasteiger charge is -2.32. The highest BCUT2D eigenvalue weighted by molar-refractivity contribution is 7.92. The second kappa shape index (κ2) is 12.8. The summed E-state index contributed by atoms with van der Waals surface area (Å²) >= 11 is 18.7. The number of sulfonamides is 1. The number of halogens is 3. The number of hydrogen-bond acceptors (Lipinski definition) is 4. The quantitative estimate of drug-likeness (QED) is 0.325. The first-order valence-electron chi connectivity index (χ1n) is 11.8. The van der Waals surface area contributed by atoms with Crippen molar-refractivity contribution in [3.05, 3.63) is 92.9 Å². The van der Waals surface area contributed by atoms with Crippen LogP contribution in [-0.4, -0.2) is 44.3 Å². The SMILES string of the molecule is CCNC(=O)[C@H](C)N(Cc1c(Cl)cccc1Cl)C(=O)CN(c1ccc(C)cc1)S(=O)(=O)c1ccc(Cl)cc1. The Labute approximate surface area is 238 Å². The van der Waals surface area contributed by atoms with Gasteiger partial charge in [-0.05, 0) is 69.3 Å². The highest BCUT2D eigenvalue weighted by Crippen LogP contribution is 2.28. The van der Waals surface area contributed by atoms with Crippen molar-refractivity contribution < 1.29 is 18.0 Å². The lowest BCUT2D eigenvalue weighted by Crippen LogP contribution is -2.51. The largest absolute Gasteiger partial charge is 0.355 e. The molecule has 3 aromatic rings. The minimum absolute atomic E-state index is 0.0345. The van der Waals surface area contributed by atoms with E-state index >= 15 is 0 Å². The van der Waals surface area contributed by atoms with Gasteiger partial charge in [-0.3, -0.25) is 13.9 Å². The van der Waals surface area contributed by atoms with Crippen LogP contribution in [0.1, 0.15) is 25.0 Å². The standard InChI is InChI=1S/C27H28Cl3N3O4S/c1-4-31-27(35)19(3)32(16-23-24(29)6-5-7-25(23)30)26(34)17-33(21-12-8-18(2)9-13-21)38(36,37)22-14-10-20(28)11-15-22/h5-15,19H,4,16-17H2,1-3H3,(H,31,35)/t19-/m0/s1. The smallest absolute Gasteiger partial charge is 0.264 e. The number of anilines is 1. The molecule has 0 aliphatic rings. The summed E-state index contributed by atoms with van der Waals surface area (Å²) in [7, 11) is -4.18. The number of benzene rings is 3. The van der Waals surface area contributed by atoms with E-state index in [1.165, 1.54) is 29.2 Å². The van der Waals surface area contributed by atoms with Crippen LogP contribution in [0.5, 0.6) is 0 Å². The van der Waals surface area contributed by atoms with Gasteiger partial charge in [0.15, 0.2) is 0 Å². The van der Waals surface area contributed by atoms with Crippen LogP contribution in [-0.2, 0) is 26.2 Å². The van der Waals surface area contributed by atoms with Crippen LogP contribution in [0.25, 0.3) is 0 Å². The molecule has 1 atom stereocenters. The third-order valence-corrected chi connectivity index (χ3v) is 8.66. The Hall–Kier alpha value is -2.78. The summed E-state index contributed by atoms with van der Waals surface area (Å²) in [6.07, 6.45) is 0. The molecule has 0 saturated carbocycles. The van der Waals surface area contributed by atoms with E-state index in [9.17, 15) is 18.0 Å². The van der Waals surface area contributed by atoms with Crippen LogP contribution in [0.3, 0.4) is 0 Å². The molecule has 0 saturated heterocycles. The van der Waals surface area contributed by atoms with E-state index in [1.807, 2.05) is 6.92 Å². The maximum atomic E-state index is 13.8. The highest BCUT2D eigenvalue weighted by atomic mass is 35.5. The average Bonchev–Trinajstić information content (AvgIpc) is 2.87. The lowest BCUT2D eigenvalue weighted by atomic mass is 10.1. The fraction of sp³-hybridized carbons (Fsp3) is 0.259. The highest BCUT2D eigenvalue weighted by Gasteiger charge is 2.33. The molecular weight excluding hydrogens is 569 g/mol. The van der Waals surface area contributed by atoms with Crippen LogP contribution < -0.4 is 9.62 Å². The molecule has 0 spiro atoms. The number of aryl methyl sites for hydroxylation is 1. The second-order valence-electron chi connectivity index (χ2n) is 8.59. The minimum atomic E-state index is -4.18. The summed E-state index contributed by atoms with van der Waals surface area (Å²) in [5, 5.41) is 3.72. The van der Waals surface area contributed by atoms with Crippen molar-refractivity contribution in [3.63, 3.8) is 0 Å². The normalized spacial score (nSPS) is 12.1. The number of carbonyl (C=O) groups excluding carboxylic acids is 2. The summed E-state index contributed by atoms with van der Waals surface area (Å²) in [5.41, 5.74) is 1.66. The minimum Gasteiger partial charge on any atom is -0.355 e. The predicted octanol–water partition coefficient (Wildman–Crippen LogP) is 5.70. The molecule has 0 aromatic heterocycles. The van der Waals surface area contributed by atoms with E-state index in [0.29, 0.717) is 32.9 Å². The first kappa shape index (κ1) is 29.8. The van der Waals surface area contributed by atoms with Crippen molar-refractivity contribution >= 4 is 62.3 Å². The average molecular weight is 597 g/mol. The number of amides is 2. The third-order valence-electron chi connectivity index (χ3n) is 5.91. The van der Waals surface area contributed by atoms with E-state index in [2.05, 4.69) is 5.32 Å². The predicted molar refractivity (Wildman–Crippen MR) is 152 cm³/mol. The summed E-state index contributed by atoms with van der Waals surface area (Å²) < 4.78 is 28.5. The molecule has 0 heterocycles. The van der Waals surface area contributed by atoms with Gasteiger partial charge in [0.25, 0.3) is 10.0 Å². The molecule has 202 valence electrons. The maximum absolute atomic E-state index is 13.8. The Morgan fingerprint density at radius 2 is 1.50 bits per heavy atom. The van der Waals surface area contributed by atoms with Crippen LogP contribution >= 0.6 is 34.8 Å². The molecule has 2 amide bonds. The van der Waals surface area contributed by atoms with Crippen molar-refractivity contribution in [3.8, 4) is 0 Å². The Morgan fingerprint density at radius 1 is 0.921 bits per heavy atom. The van der Waals surface area contributed by atoms with E-state index in [4.69, 9.17) is 34.8 Å². The van der Waals surface area contributed by atoms with E-state index < -0.39 is 34.4 Å². The van der Waals surface area contributed by atoms with Crippen molar-refractivity contribution in [1.82, 2.24) is 10.2 Å². The number of likely N-dealkylation sites (N-methyl/N-ethyl adjacent to an activating group) is 1. The molecule has 11 heteroatoms. The van der Waals surface area contributed by atoms with E-state index in [0.717, 1.165) is 9.87 Å². The summed E-state index contributed by atoms with van der Waals surface area (Å²) in [5.74, 6) is -1.01. The van der Waals surface area contributed by atoms with Crippen molar-refractivity contribution in [2.75, 3.05) is 17.4 Å². The van der Waals surface area contributed by atoms with Gasteiger partial charge < -0.3 is 10.2 Å². The van der Waals surface area contributed by atoms with Crippen molar-refractivity contribution in [2.45, 2.75) is 38.3 Å². The first-order valence-corrected chi connectivity index (χ1v) is 14.4. The monoisotopic (exact) mass is 595 g/mol. The van der Waals surface area contributed by atoms with Gasteiger partial charge in [0.05, 0.1) is 10.6 Å². The fourth-order valence-corrected chi connectivity index (χ4v) is 5.79. The molecule has 3 aromatic carbocycles. The zero-order chi connectivity index (χ0) is 28.0. The molecule has 7 nitrogen and oxygen atoms in total. The van der Waals surface area contributed by atoms with Gasteiger partial charge >= 0.3 is 0 Å². The molecule has 0 bridgehead atoms. The number of carbonyl (C=O) groups is 2. The lowest BCUT2D eigenvalue weighted by molar-refractivity contribution is -0.139. The van der Waals surface area contributed by atoms with Gasteiger partial charge in [0.1, 0.15) is 12.6 Å². The number of nitrogens with one attached hydrogen (secondary N) is 1. The van der Waals surface area contributed by atoms with E-state index in [1.54, 1.807) is 56.3 Å². The number of rotatable bonds is 10. The van der Waals surface area contributed by atoms with Crippen LogP contribution in [0.15, 0.2) is 71.6 Å². The molecule has 0 unspecified atom stereocenters. The maximum Gasteiger partial charge on any atom is 0.264 e. The number of nitrogens with zero attached hydrogens (tertiary/aromatic N) is 2. The Bertz CT molecular complexity index is 1380. The summed E-state index contributed by atoms with van der Waals surface area (Å²) in [6, 6.07) is 16.4. The molecule has 0 aliphatic carbocycles. The van der Waals surface area contributed by atoms with Crippen molar-refractivity contribution in [1.29, 1.82) is 0 Å². The van der Waals surface area contributed by atoms with Crippen LogP contribution in [0, 0.1) is 6.92 Å². The Kier molecular flexibility index (Phi) is 10.1. The molecule has 0 fully saturated rings. The molecule has 1 N–H and O–H groups in total. The van der Waals surface area contributed by atoms with Gasteiger partial charge in [-0.15, -0.1) is 0 Å². The van der Waals surface area contributed by atoms with E-state index in [-0.39, 0.29) is 11.4 Å². The zero-order valence-electron chi connectivity index (χ0n) is 21.1.